The number of nitrogens with one attached hydrogen (secondary N) is 1. The molecule has 1 saturated heterocycles. The molecule has 1 atom stereocenters. The largest absolute Gasteiger partial charge is 0.325 e. The third-order valence-corrected chi connectivity index (χ3v) is 6.78. The molecular formula is C18H24N4O2Si. The Labute approximate surface area is 148 Å². The first kappa shape index (κ1) is 17.4. The monoisotopic (exact) mass is 356 g/mol. The Hall–Kier alpha value is -2.41. The summed E-state index contributed by atoms with van der Waals surface area (Å²) in [6.07, 6.45) is 3.37. The third kappa shape index (κ3) is 3.11. The van der Waals surface area contributed by atoms with E-state index in [0.29, 0.717) is 5.56 Å². The summed E-state index contributed by atoms with van der Waals surface area (Å²) in [6, 6.07) is 7.87. The predicted molar refractivity (Wildman–Crippen MR) is 99.1 cm³/mol. The van der Waals surface area contributed by atoms with Crippen LogP contribution in [0.1, 0.15) is 18.1 Å². The number of hydrogen-bond acceptors (Lipinski definition) is 3. The van der Waals surface area contributed by atoms with Crippen molar-refractivity contribution in [2.24, 2.45) is 7.05 Å². The normalized spacial score (nSPS) is 20.9. The van der Waals surface area contributed by atoms with E-state index in [2.05, 4.69) is 42.2 Å². The minimum absolute atomic E-state index is 0.250. The van der Waals surface area contributed by atoms with Gasteiger partial charge in [0.25, 0.3) is 5.91 Å². The lowest BCUT2D eigenvalue weighted by molar-refractivity contribution is -0.131. The summed E-state index contributed by atoms with van der Waals surface area (Å²) in [6.45, 7) is 8.86. The summed E-state index contributed by atoms with van der Waals surface area (Å²) in [5.41, 5.74) is 0.565. The summed E-state index contributed by atoms with van der Waals surface area (Å²) in [5, 5.41) is 8.27. The predicted octanol–water partition coefficient (Wildman–Crippen LogP) is 1.93. The maximum atomic E-state index is 12.9. The van der Waals surface area contributed by atoms with Gasteiger partial charge in [0.05, 0.1) is 20.8 Å². The van der Waals surface area contributed by atoms with Crippen molar-refractivity contribution in [3.8, 4) is 0 Å². The lowest BCUT2D eigenvalue weighted by Crippen LogP contribution is -2.40. The molecule has 132 valence electrons. The molecule has 0 aliphatic carbocycles. The van der Waals surface area contributed by atoms with Crippen molar-refractivity contribution >= 4 is 25.2 Å². The lowest BCUT2D eigenvalue weighted by Gasteiger charge is -2.20. The first-order chi connectivity index (χ1) is 11.6. The Balaban J connectivity index is 1.82. The number of urea groups is 1. The third-order valence-electron chi connectivity index (χ3n) is 4.72. The first-order valence-electron chi connectivity index (χ1n) is 8.34. The number of aromatic nitrogens is 2. The van der Waals surface area contributed by atoms with E-state index in [0.717, 1.165) is 5.56 Å². The second-order valence-electron chi connectivity index (χ2n) is 7.80. The lowest BCUT2D eigenvalue weighted by atomic mass is 9.95. The van der Waals surface area contributed by atoms with Crippen molar-refractivity contribution in [3.05, 3.63) is 47.8 Å². The minimum Gasteiger partial charge on any atom is -0.319 e. The molecule has 0 saturated carbocycles. The molecule has 25 heavy (non-hydrogen) atoms. The number of carbonyl (C=O) groups excluding carboxylic acids is 2. The highest BCUT2D eigenvalue weighted by Crippen LogP contribution is 2.29. The molecular weight excluding hydrogens is 332 g/mol. The summed E-state index contributed by atoms with van der Waals surface area (Å²) in [5.74, 6) is -0.250. The van der Waals surface area contributed by atoms with Gasteiger partial charge in [-0.3, -0.25) is 14.4 Å². The summed E-state index contributed by atoms with van der Waals surface area (Å²) in [4.78, 5) is 26.5. The molecule has 6 nitrogen and oxygen atoms in total. The van der Waals surface area contributed by atoms with Crippen LogP contribution in [-0.4, -0.2) is 34.7 Å². The zero-order valence-corrected chi connectivity index (χ0v) is 16.3. The van der Waals surface area contributed by atoms with Gasteiger partial charge in [0, 0.05) is 18.8 Å². The van der Waals surface area contributed by atoms with Crippen LogP contribution in [0.25, 0.3) is 0 Å². The van der Waals surface area contributed by atoms with E-state index in [1.165, 1.54) is 10.1 Å². The smallest absolute Gasteiger partial charge is 0.319 e. The Morgan fingerprint density at radius 3 is 2.32 bits per heavy atom. The zero-order valence-electron chi connectivity index (χ0n) is 15.3. The van der Waals surface area contributed by atoms with Gasteiger partial charge in [-0.05, 0) is 12.5 Å². The van der Waals surface area contributed by atoms with Crippen LogP contribution in [0.5, 0.6) is 0 Å². The van der Waals surface area contributed by atoms with Gasteiger partial charge in [-0.1, -0.05) is 49.1 Å². The van der Waals surface area contributed by atoms with E-state index < -0.39 is 13.6 Å². The van der Waals surface area contributed by atoms with Crippen LogP contribution in [0.3, 0.4) is 0 Å². The SMILES string of the molecule is Cn1cc([C@]2(C)NC(=O)N(Cc3ccc([Si](C)(C)C)cc3)C2=O)cn1. The Morgan fingerprint density at radius 2 is 1.80 bits per heavy atom. The molecule has 1 aromatic heterocycles. The van der Waals surface area contributed by atoms with Gasteiger partial charge >= 0.3 is 6.03 Å². The van der Waals surface area contributed by atoms with Crippen LogP contribution in [-0.2, 0) is 23.9 Å². The standard InChI is InChI=1S/C18H24N4O2Si/c1-18(14-10-19-21(2)12-14)16(23)22(17(24)20-18)11-13-6-8-15(9-7-13)25(3,4)5/h6-10,12H,11H2,1-5H3,(H,20,24)/t18-/m0/s1. The number of amides is 3. The summed E-state index contributed by atoms with van der Waals surface area (Å²) in [7, 11) is 0.422. The molecule has 1 aliphatic heterocycles. The van der Waals surface area contributed by atoms with Gasteiger partial charge in [0.1, 0.15) is 5.54 Å². The fourth-order valence-electron chi connectivity index (χ4n) is 3.01. The van der Waals surface area contributed by atoms with Crippen LogP contribution in [0.4, 0.5) is 4.79 Å². The van der Waals surface area contributed by atoms with E-state index in [4.69, 9.17) is 0 Å². The second-order valence-corrected chi connectivity index (χ2v) is 12.9. The van der Waals surface area contributed by atoms with Gasteiger partial charge in [-0.15, -0.1) is 0 Å². The number of aryl methyl sites for hydroxylation is 1. The average molecular weight is 357 g/mol. The number of nitrogens with zero attached hydrogens (tertiary/aromatic N) is 3. The molecule has 1 aliphatic rings. The van der Waals surface area contributed by atoms with Gasteiger partial charge in [-0.25, -0.2) is 4.79 Å². The Kier molecular flexibility index (Phi) is 4.07. The first-order valence-corrected chi connectivity index (χ1v) is 11.8. The van der Waals surface area contributed by atoms with E-state index in [1.54, 1.807) is 31.0 Å². The molecule has 0 radical (unpaired) electrons. The number of rotatable bonds is 4. The maximum absolute atomic E-state index is 12.9. The molecule has 0 bridgehead atoms. The zero-order chi connectivity index (χ0) is 18.4. The van der Waals surface area contributed by atoms with Crippen LogP contribution >= 0.6 is 0 Å². The molecule has 2 aromatic rings. The van der Waals surface area contributed by atoms with Crippen molar-refractivity contribution in [2.75, 3.05) is 0 Å². The highest BCUT2D eigenvalue weighted by atomic mass is 28.3. The van der Waals surface area contributed by atoms with Crippen molar-refractivity contribution < 1.29 is 9.59 Å². The number of carbonyl (C=O) groups is 2. The molecule has 7 heteroatoms. The van der Waals surface area contributed by atoms with Crippen molar-refractivity contribution in [1.29, 1.82) is 0 Å². The fourth-order valence-corrected chi connectivity index (χ4v) is 4.18. The van der Waals surface area contributed by atoms with Crippen LogP contribution < -0.4 is 10.5 Å². The second kappa shape index (κ2) is 5.84. The van der Waals surface area contributed by atoms with Crippen molar-refractivity contribution in [3.63, 3.8) is 0 Å². The summed E-state index contributed by atoms with van der Waals surface area (Å²) < 4.78 is 1.62. The number of imide groups is 1. The average Bonchev–Trinajstić information content (AvgIpc) is 3.06. The minimum atomic E-state index is -1.36. The van der Waals surface area contributed by atoms with E-state index in [1.807, 2.05) is 12.1 Å². The van der Waals surface area contributed by atoms with E-state index in [9.17, 15) is 9.59 Å². The van der Waals surface area contributed by atoms with Crippen LogP contribution in [0.15, 0.2) is 36.7 Å². The van der Waals surface area contributed by atoms with E-state index in [-0.39, 0.29) is 18.5 Å². The fraction of sp³-hybridized carbons (Fsp3) is 0.389. The van der Waals surface area contributed by atoms with Gasteiger partial charge in [-0.2, -0.15) is 5.10 Å². The Morgan fingerprint density at radius 1 is 1.16 bits per heavy atom. The Bertz CT molecular complexity index is 822. The van der Waals surface area contributed by atoms with Crippen molar-refractivity contribution in [2.45, 2.75) is 38.6 Å². The van der Waals surface area contributed by atoms with Crippen LogP contribution in [0, 0.1) is 0 Å². The molecule has 0 unspecified atom stereocenters. The molecule has 1 aromatic carbocycles. The highest BCUT2D eigenvalue weighted by molar-refractivity contribution is 6.88. The van der Waals surface area contributed by atoms with E-state index >= 15 is 0 Å². The number of benzene rings is 1. The quantitative estimate of drug-likeness (QED) is 0.672. The topological polar surface area (TPSA) is 67.2 Å². The van der Waals surface area contributed by atoms with Crippen LogP contribution in [0.2, 0.25) is 19.6 Å². The van der Waals surface area contributed by atoms with Gasteiger partial charge in [0.2, 0.25) is 0 Å². The molecule has 1 fully saturated rings. The molecule has 0 spiro atoms. The summed E-state index contributed by atoms with van der Waals surface area (Å²) >= 11 is 0. The molecule has 2 heterocycles. The highest BCUT2D eigenvalue weighted by Gasteiger charge is 2.49. The van der Waals surface area contributed by atoms with Gasteiger partial charge < -0.3 is 5.32 Å². The number of hydrogen-bond donors (Lipinski definition) is 1. The molecule has 1 N–H and O–H groups in total. The van der Waals surface area contributed by atoms with Gasteiger partial charge in [0.15, 0.2) is 0 Å². The molecule has 3 amide bonds. The molecule has 3 rings (SSSR count). The van der Waals surface area contributed by atoms with Crippen molar-refractivity contribution in [1.82, 2.24) is 20.0 Å². The maximum Gasteiger partial charge on any atom is 0.325 e.